The van der Waals surface area contributed by atoms with Gasteiger partial charge in [-0.25, -0.2) is 0 Å². The average molecular weight is 327 g/mol. The molecule has 0 bridgehead atoms. The maximum Gasteiger partial charge on any atom is 0.244 e. The van der Waals surface area contributed by atoms with Crippen LogP contribution in [-0.4, -0.2) is 24.7 Å². The Kier molecular flexibility index (Phi) is 4.71. The fraction of sp³-hybridized carbons (Fsp3) is 0.316. The van der Waals surface area contributed by atoms with Gasteiger partial charge < -0.3 is 19.6 Å². The highest BCUT2D eigenvalue weighted by Crippen LogP contribution is 2.36. The number of rotatable bonds is 5. The summed E-state index contributed by atoms with van der Waals surface area (Å²) in [7, 11) is 1.63. The van der Waals surface area contributed by atoms with E-state index in [4.69, 9.17) is 9.15 Å². The second kappa shape index (κ2) is 6.93. The number of amides is 1. The third-order valence-electron chi connectivity index (χ3n) is 4.35. The third kappa shape index (κ3) is 3.51. The molecule has 3 rings (SSSR count). The predicted octanol–water partition coefficient (Wildman–Crippen LogP) is 2.64. The van der Waals surface area contributed by atoms with Crippen LogP contribution in [0.3, 0.4) is 0 Å². The van der Waals surface area contributed by atoms with E-state index in [9.17, 15) is 9.90 Å². The zero-order chi connectivity index (χ0) is 17.0. The van der Waals surface area contributed by atoms with Gasteiger partial charge in [0.05, 0.1) is 19.9 Å². The lowest BCUT2D eigenvalue weighted by atomic mass is 9.79. The summed E-state index contributed by atoms with van der Waals surface area (Å²) in [5.74, 6) is 1.13. The second-order valence-corrected chi connectivity index (χ2v) is 5.97. The molecule has 1 heterocycles. The van der Waals surface area contributed by atoms with Crippen LogP contribution in [0, 0.1) is 0 Å². The molecular formula is C19H21NO4. The van der Waals surface area contributed by atoms with Crippen LogP contribution in [0.1, 0.15) is 29.7 Å². The number of fused-ring (bicyclic) bond motifs is 1. The van der Waals surface area contributed by atoms with Gasteiger partial charge in [-0.2, -0.15) is 0 Å². The van der Waals surface area contributed by atoms with Crippen molar-refractivity contribution in [2.75, 3.05) is 13.7 Å². The van der Waals surface area contributed by atoms with Crippen LogP contribution in [-0.2, 0) is 16.8 Å². The Morgan fingerprint density at radius 3 is 3.08 bits per heavy atom. The minimum atomic E-state index is -1.05. The summed E-state index contributed by atoms with van der Waals surface area (Å²) in [6, 6.07) is 9.21. The number of benzene rings is 1. The van der Waals surface area contributed by atoms with Crippen molar-refractivity contribution < 1.29 is 19.1 Å². The first-order valence-electron chi connectivity index (χ1n) is 8.00. The smallest absolute Gasteiger partial charge is 0.244 e. The van der Waals surface area contributed by atoms with Crippen LogP contribution in [0.25, 0.3) is 6.08 Å². The van der Waals surface area contributed by atoms with Gasteiger partial charge in [-0.1, -0.05) is 6.07 Å². The molecule has 24 heavy (non-hydrogen) atoms. The van der Waals surface area contributed by atoms with E-state index >= 15 is 0 Å². The molecule has 126 valence electrons. The number of hydrogen-bond acceptors (Lipinski definition) is 4. The highest BCUT2D eigenvalue weighted by Gasteiger charge is 2.34. The van der Waals surface area contributed by atoms with Crippen molar-refractivity contribution in [3.8, 4) is 5.75 Å². The van der Waals surface area contributed by atoms with Crippen molar-refractivity contribution in [2.24, 2.45) is 0 Å². The van der Waals surface area contributed by atoms with Gasteiger partial charge in [0.2, 0.25) is 5.91 Å². The maximum atomic E-state index is 12.0. The van der Waals surface area contributed by atoms with E-state index in [0.717, 1.165) is 29.7 Å². The fourth-order valence-electron chi connectivity index (χ4n) is 3.08. The number of carbonyl (C=O) groups excluding carboxylic acids is 1. The lowest BCUT2D eigenvalue weighted by molar-refractivity contribution is -0.118. The Balaban J connectivity index is 1.68. The van der Waals surface area contributed by atoms with E-state index in [1.54, 1.807) is 31.6 Å². The molecule has 0 aliphatic heterocycles. The summed E-state index contributed by atoms with van der Waals surface area (Å²) in [6.45, 7) is 0.174. The van der Waals surface area contributed by atoms with E-state index in [1.165, 1.54) is 6.08 Å². The number of aryl methyl sites for hydroxylation is 1. The SMILES string of the molecule is COc1ccc2c(c1)CCC[C@]2(O)CNC(=O)/C=C/c1ccco1. The molecule has 0 radical (unpaired) electrons. The number of methoxy groups -OCH3 is 1. The topological polar surface area (TPSA) is 71.7 Å². The molecule has 1 aliphatic carbocycles. The molecule has 0 saturated heterocycles. The number of nitrogens with one attached hydrogen (secondary N) is 1. The first kappa shape index (κ1) is 16.3. The summed E-state index contributed by atoms with van der Waals surface area (Å²) in [5.41, 5.74) is 0.891. The number of carbonyl (C=O) groups is 1. The van der Waals surface area contributed by atoms with Crippen LogP contribution in [0.4, 0.5) is 0 Å². The summed E-state index contributed by atoms with van der Waals surface area (Å²) < 4.78 is 10.4. The van der Waals surface area contributed by atoms with Gasteiger partial charge in [0.1, 0.15) is 17.1 Å². The molecule has 0 unspecified atom stereocenters. The molecule has 1 aliphatic rings. The summed E-state index contributed by atoms with van der Waals surface area (Å²) in [5, 5.41) is 13.8. The lowest BCUT2D eigenvalue weighted by Crippen LogP contribution is -2.42. The molecule has 5 nitrogen and oxygen atoms in total. The Hall–Kier alpha value is -2.53. The number of furan rings is 1. The zero-order valence-corrected chi connectivity index (χ0v) is 13.6. The van der Waals surface area contributed by atoms with E-state index in [1.807, 2.05) is 18.2 Å². The van der Waals surface area contributed by atoms with E-state index < -0.39 is 5.60 Å². The Morgan fingerprint density at radius 2 is 2.33 bits per heavy atom. The first-order chi connectivity index (χ1) is 11.6. The minimum absolute atomic E-state index is 0.174. The van der Waals surface area contributed by atoms with Gasteiger partial charge in [0.15, 0.2) is 0 Å². The molecule has 1 atom stereocenters. The van der Waals surface area contributed by atoms with Crippen LogP contribution >= 0.6 is 0 Å². The molecule has 0 spiro atoms. The Morgan fingerprint density at radius 1 is 1.46 bits per heavy atom. The Labute approximate surface area is 140 Å². The molecule has 2 N–H and O–H groups in total. The van der Waals surface area contributed by atoms with Crippen LogP contribution in [0.5, 0.6) is 5.75 Å². The van der Waals surface area contributed by atoms with E-state index in [0.29, 0.717) is 12.2 Å². The molecular weight excluding hydrogens is 306 g/mol. The molecule has 1 aromatic carbocycles. The first-order valence-corrected chi connectivity index (χ1v) is 8.00. The number of hydrogen-bond donors (Lipinski definition) is 2. The molecule has 0 saturated carbocycles. The summed E-state index contributed by atoms with van der Waals surface area (Å²) >= 11 is 0. The highest BCUT2D eigenvalue weighted by atomic mass is 16.5. The normalized spacial score (nSPS) is 19.9. The predicted molar refractivity (Wildman–Crippen MR) is 90.6 cm³/mol. The Bertz CT molecular complexity index is 736. The fourth-order valence-corrected chi connectivity index (χ4v) is 3.08. The highest BCUT2D eigenvalue weighted by molar-refractivity contribution is 5.91. The number of ether oxygens (including phenoxy) is 1. The molecule has 1 amide bonds. The van der Waals surface area contributed by atoms with Crippen molar-refractivity contribution >= 4 is 12.0 Å². The molecule has 2 aromatic rings. The van der Waals surface area contributed by atoms with Crippen molar-refractivity contribution in [1.29, 1.82) is 0 Å². The molecule has 1 aromatic heterocycles. The van der Waals surface area contributed by atoms with Crippen molar-refractivity contribution in [3.63, 3.8) is 0 Å². The molecule has 0 fully saturated rings. The maximum absolute atomic E-state index is 12.0. The average Bonchev–Trinajstić information content (AvgIpc) is 3.11. The van der Waals surface area contributed by atoms with Crippen molar-refractivity contribution in [1.82, 2.24) is 5.32 Å². The van der Waals surface area contributed by atoms with Crippen LogP contribution < -0.4 is 10.1 Å². The minimum Gasteiger partial charge on any atom is -0.497 e. The van der Waals surface area contributed by atoms with Gasteiger partial charge >= 0.3 is 0 Å². The van der Waals surface area contributed by atoms with Gasteiger partial charge in [-0.3, -0.25) is 4.79 Å². The van der Waals surface area contributed by atoms with E-state index in [-0.39, 0.29) is 12.5 Å². The standard InChI is InChI=1S/C19H21NO4/c1-23-16-6-8-17-14(12-16)4-2-10-19(17,22)13-20-18(21)9-7-15-5-3-11-24-15/h3,5-9,11-12,22H,2,4,10,13H2,1H3,(H,20,21)/b9-7+/t19-/m0/s1. The molecule has 5 heteroatoms. The van der Waals surface area contributed by atoms with Crippen molar-refractivity contribution in [3.05, 3.63) is 59.6 Å². The van der Waals surface area contributed by atoms with E-state index in [2.05, 4.69) is 5.32 Å². The lowest BCUT2D eigenvalue weighted by Gasteiger charge is -2.34. The van der Waals surface area contributed by atoms with Gasteiger partial charge in [-0.15, -0.1) is 0 Å². The van der Waals surface area contributed by atoms with Crippen molar-refractivity contribution in [2.45, 2.75) is 24.9 Å². The van der Waals surface area contributed by atoms with Crippen LogP contribution in [0.2, 0.25) is 0 Å². The van der Waals surface area contributed by atoms with Gasteiger partial charge in [0.25, 0.3) is 0 Å². The quantitative estimate of drug-likeness (QED) is 0.828. The third-order valence-corrected chi connectivity index (χ3v) is 4.35. The summed E-state index contributed by atoms with van der Waals surface area (Å²) in [4.78, 5) is 12.0. The van der Waals surface area contributed by atoms with Crippen LogP contribution in [0.15, 0.2) is 47.1 Å². The van der Waals surface area contributed by atoms with Gasteiger partial charge in [-0.05, 0) is 60.7 Å². The van der Waals surface area contributed by atoms with Gasteiger partial charge in [0, 0.05) is 6.08 Å². The monoisotopic (exact) mass is 327 g/mol. The number of aliphatic hydroxyl groups is 1. The summed E-state index contributed by atoms with van der Waals surface area (Å²) in [6.07, 6.45) is 6.94. The second-order valence-electron chi connectivity index (χ2n) is 5.97. The zero-order valence-electron chi connectivity index (χ0n) is 13.6. The largest absolute Gasteiger partial charge is 0.497 e.